The first-order valence-electron chi connectivity index (χ1n) is 6.64. The molecule has 0 spiro atoms. The lowest BCUT2D eigenvalue weighted by Gasteiger charge is -2.39. The number of nitrogens with zero attached hydrogens (tertiary/aromatic N) is 1. The van der Waals surface area contributed by atoms with E-state index >= 15 is 0 Å². The van der Waals surface area contributed by atoms with E-state index in [9.17, 15) is 0 Å². The highest BCUT2D eigenvalue weighted by molar-refractivity contribution is 5.28. The Morgan fingerprint density at radius 3 is 2.71 bits per heavy atom. The summed E-state index contributed by atoms with van der Waals surface area (Å²) in [6.07, 6.45) is 1.12. The number of aryl methyl sites for hydroxylation is 1. The van der Waals surface area contributed by atoms with E-state index in [2.05, 4.69) is 49.9 Å². The van der Waals surface area contributed by atoms with Gasteiger partial charge in [0.25, 0.3) is 0 Å². The maximum Gasteiger partial charge on any atom is 0.0322 e. The molecule has 2 heteroatoms. The predicted molar refractivity (Wildman–Crippen MR) is 72.9 cm³/mol. The Morgan fingerprint density at radius 2 is 2.06 bits per heavy atom. The third-order valence-corrected chi connectivity index (χ3v) is 4.19. The molecule has 1 heterocycles. The molecule has 0 radical (unpaired) electrons. The molecule has 1 fully saturated rings. The average molecular weight is 232 g/mol. The highest BCUT2D eigenvalue weighted by atomic mass is 15.2. The maximum absolute atomic E-state index is 6.08. The van der Waals surface area contributed by atoms with Crippen LogP contribution in [0.25, 0.3) is 0 Å². The number of hydrogen-bond donors (Lipinski definition) is 1. The van der Waals surface area contributed by atoms with E-state index in [4.69, 9.17) is 5.73 Å². The van der Waals surface area contributed by atoms with Gasteiger partial charge in [-0.3, -0.25) is 4.90 Å². The number of piperidine rings is 1. The van der Waals surface area contributed by atoms with Crippen molar-refractivity contribution in [2.45, 2.75) is 39.3 Å². The molecular weight excluding hydrogens is 208 g/mol. The quantitative estimate of drug-likeness (QED) is 0.849. The lowest BCUT2D eigenvalue weighted by atomic mass is 9.92. The van der Waals surface area contributed by atoms with Crippen molar-refractivity contribution in [2.24, 2.45) is 11.7 Å². The normalized spacial score (nSPS) is 28.0. The van der Waals surface area contributed by atoms with E-state index in [0.717, 1.165) is 19.5 Å². The summed E-state index contributed by atoms with van der Waals surface area (Å²) in [4.78, 5) is 2.57. The Kier molecular flexibility index (Phi) is 3.85. The summed E-state index contributed by atoms with van der Waals surface area (Å²) in [6.45, 7) is 9.02. The Labute approximate surface area is 105 Å². The number of likely N-dealkylation sites (tertiary alicyclic amines) is 1. The van der Waals surface area contributed by atoms with Crippen LogP contribution >= 0.6 is 0 Å². The summed E-state index contributed by atoms with van der Waals surface area (Å²) in [7, 11) is 0. The van der Waals surface area contributed by atoms with Crippen LogP contribution in [0.15, 0.2) is 24.3 Å². The molecule has 94 valence electrons. The molecule has 2 nitrogen and oxygen atoms in total. The molecule has 0 aliphatic carbocycles. The van der Waals surface area contributed by atoms with Crippen molar-refractivity contribution < 1.29 is 0 Å². The van der Waals surface area contributed by atoms with Gasteiger partial charge in [-0.1, -0.05) is 31.2 Å². The zero-order valence-corrected chi connectivity index (χ0v) is 11.2. The van der Waals surface area contributed by atoms with Gasteiger partial charge in [-0.15, -0.1) is 0 Å². The fourth-order valence-electron chi connectivity index (χ4n) is 2.80. The van der Waals surface area contributed by atoms with E-state index in [1.165, 1.54) is 11.1 Å². The fourth-order valence-corrected chi connectivity index (χ4v) is 2.80. The van der Waals surface area contributed by atoms with Crippen LogP contribution in [0, 0.1) is 12.8 Å². The minimum Gasteiger partial charge on any atom is -0.327 e. The topological polar surface area (TPSA) is 29.3 Å². The molecule has 1 aromatic rings. The van der Waals surface area contributed by atoms with E-state index < -0.39 is 0 Å². The van der Waals surface area contributed by atoms with Gasteiger partial charge in [-0.25, -0.2) is 0 Å². The first-order valence-corrected chi connectivity index (χ1v) is 6.64. The van der Waals surface area contributed by atoms with Crippen LogP contribution in [0.2, 0.25) is 0 Å². The van der Waals surface area contributed by atoms with Gasteiger partial charge in [-0.05, 0) is 37.3 Å². The van der Waals surface area contributed by atoms with Crippen LogP contribution in [-0.4, -0.2) is 24.0 Å². The molecule has 3 atom stereocenters. The SMILES string of the molecule is Cc1ccccc1C(C)N1CCC(N)C(C)C1. The van der Waals surface area contributed by atoms with Crippen molar-refractivity contribution in [3.8, 4) is 0 Å². The zero-order chi connectivity index (χ0) is 12.4. The average Bonchev–Trinajstić information content (AvgIpc) is 2.32. The lowest BCUT2D eigenvalue weighted by Crippen LogP contribution is -2.46. The standard InChI is InChI=1S/C15H24N2/c1-11-6-4-5-7-14(11)13(3)17-9-8-15(16)12(2)10-17/h4-7,12-13,15H,8-10,16H2,1-3H3. The molecule has 2 N–H and O–H groups in total. The molecule has 2 rings (SSSR count). The number of hydrogen-bond acceptors (Lipinski definition) is 2. The molecule has 17 heavy (non-hydrogen) atoms. The summed E-state index contributed by atoms with van der Waals surface area (Å²) < 4.78 is 0. The van der Waals surface area contributed by atoms with E-state index in [-0.39, 0.29) is 0 Å². The summed E-state index contributed by atoms with van der Waals surface area (Å²) >= 11 is 0. The minimum absolute atomic E-state index is 0.385. The largest absolute Gasteiger partial charge is 0.327 e. The van der Waals surface area contributed by atoms with E-state index in [1.807, 2.05) is 0 Å². The van der Waals surface area contributed by atoms with Crippen LogP contribution in [0.5, 0.6) is 0 Å². The molecule has 1 aliphatic heterocycles. The monoisotopic (exact) mass is 232 g/mol. The van der Waals surface area contributed by atoms with Gasteiger partial charge in [0.1, 0.15) is 0 Å². The third kappa shape index (κ3) is 2.70. The van der Waals surface area contributed by atoms with Gasteiger partial charge in [0.05, 0.1) is 0 Å². The second kappa shape index (κ2) is 5.19. The Bertz CT molecular complexity index is 375. The van der Waals surface area contributed by atoms with Crippen molar-refractivity contribution in [1.29, 1.82) is 0 Å². The van der Waals surface area contributed by atoms with E-state index in [1.54, 1.807) is 0 Å². The molecule has 1 aliphatic rings. The van der Waals surface area contributed by atoms with Crippen molar-refractivity contribution in [2.75, 3.05) is 13.1 Å². The van der Waals surface area contributed by atoms with Gasteiger partial charge in [-0.2, -0.15) is 0 Å². The second-order valence-corrected chi connectivity index (χ2v) is 5.46. The van der Waals surface area contributed by atoms with Crippen molar-refractivity contribution in [3.63, 3.8) is 0 Å². The smallest absolute Gasteiger partial charge is 0.0322 e. The zero-order valence-electron chi connectivity index (χ0n) is 11.2. The van der Waals surface area contributed by atoms with Gasteiger partial charge in [0.2, 0.25) is 0 Å². The Morgan fingerprint density at radius 1 is 1.35 bits per heavy atom. The molecule has 0 amide bonds. The summed E-state index contributed by atoms with van der Waals surface area (Å²) in [5.74, 6) is 0.607. The summed E-state index contributed by atoms with van der Waals surface area (Å²) in [5, 5.41) is 0. The van der Waals surface area contributed by atoms with Crippen molar-refractivity contribution in [1.82, 2.24) is 4.90 Å². The molecule has 0 saturated carbocycles. The molecule has 0 aromatic heterocycles. The van der Waals surface area contributed by atoms with Crippen LogP contribution < -0.4 is 5.73 Å². The molecule has 1 aromatic carbocycles. The van der Waals surface area contributed by atoms with Gasteiger partial charge >= 0.3 is 0 Å². The first-order chi connectivity index (χ1) is 8.09. The fraction of sp³-hybridized carbons (Fsp3) is 0.600. The number of benzene rings is 1. The van der Waals surface area contributed by atoms with E-state index in [0.29, 0.717) is 18.0 Å². The minimum atomic E-state index is 0.385. The Balaban J connectivity index is 2.10. The van der Waals surface area contributed by atoms with Gasteiger partial charge < -0.3 is 5.73 Å². The molecular formula is C15H24N2. The van der Waals surface area contributed by atoms with Gasteiger partial charge in [0, 0.05) is 25.2 Å². The van der Waals surface area contributed by atoms with Crippen LogP contribution in [0.1, 0.15) is 37.4 Å². The molecule has 3 unspecified atom stereocenters. The van der Waals surface area contributed by atoms with Crippen molar-refractivity contribution >= 4 is 0 Å². The number of nitrogens with two attached hydrogens (primary N) is 1. The van der Waals surface area contributed by atoms with Gasteiger partial charge in [0.15, 0.2) is 0 Å². The van der Waals surface area contributed by atoms with Crippen molar-refractivity contribution in [3.05, 3.63) is 35.4 Å². The van der Waals surface area contributed by atoms with Crippen LogP contribution in [-0.2, 0) is 0 Å². The summed E-state index contributed by atoms with van der Waals surface area (Å²) in [6, 6.07) is 9.59. The molecule has 0 bridgehead atoms. The summed E-state index contributed by atoms with van der Waals surface area (Å²) in [5.41, 5.74) is 8.93. The highest BCUT2D eigenvalue weighted by Crippen LogP contribution is 2.27. The lowest BCUT2D eigenvalue weighted by molar-refractivity contribution is 0.124. The first kappa shape index (κ1) is 12.6. The van der Waals surface area contributed by atoms with Crippen LogP contribution in [0.3, 0.4) is 0 Å². The highest BCUT2D eigenvalue weighted by Gasteiger charge is 2.26. The number of rotatable bonds is 2. The Hall–Kier alpha value is -0.860. The van der Waals surface area contributed by atoms with Crippen LogP contribution in [0.4, 0.5) is 0 Å². The predicted octanol–water partition coefficient (Wildman–Crippen LogP) is 2.73. The molecule has 1 saturated heterocycles. The third-order valence-electron chi connectivity index (χ3n) is 4.19. The maximum atomic E-state index is 6.08. The second-order valence-electron chi connectivity index (χ2n) is 5.46.